The average molecular weight is 657 g/mol. The molecule has 0 aromatic heterocycles. The van der Waals surface area contributed by atoms with Gasteiger partial charge in [-0.25, -0.2) is 0 Å². The van der Waals surface area contributed by atoms with Crippen LogP contribution in [0.4, 0.5) is 0 Å². The molecule has 2 aliphatic rings. The van der Waals surface area contributed by atoms with Crippen molar-refractivity contribution in [2.24, 2.45) is 11.8 Å². The van der Waals surface area contributed by atoms with E-state index >= 15 is 0 Å². The summed E-state index contributed by atoms with van der Waals surface area (Å²) in [4.78, 5) is 22.6. The molecule has 2 aliphatic heterocycles. The average Bonchev–Trinajstić information content (AvgIpc) is 3.01. The Hall–Kier alpha value is -4.06. The highest BCUT2D eigenvalue weighted by Crippen LogP contribution is 2.40. The van der Waals surface area contributed by atoms with Gasteiger partial charge in [-0.15, -0.1) is 0 Å². The van der Waals surface area contributed by atoms with Crippen LogP contribution in [0.3, 0.4) is 0 Å². The molecule has 46 heavy (non-hydrogen) atoms. The monoisotopic (exact) mass is 656 g/mol. The van der Waals surface area contributed by atoms with Crippen LogP contribution in [0.15, 0.2) is 36.4 Å². The van der Waals surface area contributed by atoms with Gasteiger partial charge in [0, 0.05) is 25.7 Å². The summed E-state index contributed by atoms with van der Waals surface area (Å²) in [5.41, 5.74) is 0. The Morgan fingerprint density at radius 2 is 1.24 bits per heavy atom. The highest BCUT2D eigenvalue weighted by Gasteiger charge is 2.46. The molecule has 4 rings (SSSR count). The van der Waals surface area contributed by atoms with E-state index in [1.165, 1.54) is 50.2 Å². The SMILES string of the molecule is CC(=O)OC[C@H]1O[C@@H](Oc2cccc(O)c2O)[C@H](C)[C@@H](C)[C@H]1OC(C)=O.OC[C@H]1O[C@@H](Oc2cccc(O)c2O)[C@H](O)[C@@H](O)[C@H]1O. The second-order valence-corrected chi connectivity index (χ2v) is 10.8. The summed E-state index contributed by atoms with van der Waals surface area (Å²) >= 11 is 0. The quantitative estimate of drug-likeness (QED) is 0.140. The largest absolute Gasteiger partial charge is 0.504 e. The summed E-state index contributed by atoms with van der Waals surface area (Å²) in [5.74, 6) is -3.12. The van der Waals surface area contributed by atoms with Crippen molar-refractivity contribution in [2.75, 3.05) is 13.2 Å². The van der Waals surface area contributed by atoms with Crippen LogP contribution in [0, 0.1) is 11.8 Å². The van der Waals surface area contributed by atoms with Gasteiger partial charge in [-0.3, -0.25) is 9.59 Å². The number of phenols is 4. The Morgan fingerprint density at radius 1 is 0.717 bits per heavy atom. The molecule has 0 amide bonds. The van der Waals surface area contributed by atoms with Gasteiger partial charge < -0.3 is 69.3 Å². The standard InChI is InChI=1S/C18H24O8.C12H16O8/c1-9-10(2)18(25-14-7-5-6-13(21)16(14)22)26-15(8-23-11(3)19)17(9)24-12(4)20;13-4-7-9(16)10(17)11(18)12(20-7)19-6-3-1-2-5(14)8(6)15/h5-7,9-10,15,17-18,21-22H,8H2,1-4H3;1-3,7,9-18H,4H2/t9-,10-,15-,17-,18-;7-,9+,10+,11-,12-/m11/s1. The van der Waals surface area contributed by atoms with Gasteiger partial charge in [0.25, 0.3) is 0 Å². The molecule has 16 nitrogen and oxygen atoms in total. The maximum Gasteiger partial charge on any atom is 0.303 e. The van der Waals surface area contributed by atoms with Gasteiger partial charge in [-0.05, 0) is 24.3 Å². The number of carbonyl (C=O) groups is 2. The molecular formula is C30H40O16. The van der Waals surface area contributed by atoms with Gasteiger partial charge in [0.15, 0.2) is 23.0 Å². The minimum atomic E-state index is -1.59. The zero-order valence-electron chi connectivity index (χ0n) is 25.5. The van der Waals surface area contributed by atoms with Crippen LogP contribution in [-0.4, -0.2) is 115 Å². The number of hydrogen-bond acceptors (Lipinski definition) is 16. The molecule has 0 radical (unpaired) electrons. The first-order valence-electron chi connectivity index (χ1n) is 14.3. The number of aromatic hydroxyl groups is 4. The molecule has 2 aromatic carbocycles. The van der Waals surface area contributed by atoms with Crippen LogP contribution in [0.1, 0.15) is 27.7 Å². The van der Waals surface area contributed by atoms with Gasteiger partial charge in [-0.2, -0.15) is 0 Å². The summed E-state index contributed by atoms with van der Waals surface area (Å²) in [6, 6.07) is 8.30. The lowest BCUT2D eigenvalue weighted by Gasteiger charge is -2.43. The summed E-state index contributed by atoms with van der Waals surface area (Å²) in [5, 5.41) is 76.4. The minimum absolute atomic E-state index is 0.0613. The van der Waals surface area contributed by atoms with Crippen molar-refractivity contribution in [1.82, 2.24) is 0 Å². The summed E-state index contributed by atoms with van der Waals surface area (Å²) in [7, 11) is 0. The van der Waals surface area contributed by atoms with Crippen molar-refractivity contribution in [3.05, 3.63) is 36.4 Å². The molecule has 2 aromatic rings. The van der Waals surface area contributed by atoms with E-state index in [0.29, 0.717) is 0 Å². The molecule has 2 heterocycles. The molecular weight excluding hydrogens is 616 g/mol. The number of benzene rings is 2. The van der Waals surface area contributed by atoms with Crippen molar-refractivity contribution < 1.29 is 78.9 Å². The molecule has 0 saturated carbocycles. The van der Waals surface area contributed by atoms with Crippen molar-refractivity contribution in [3.8, 4) is 34.5 Å². The first-order chi connectivity index (χ1) is 21.7. The van der Waals surface area contributed by atoms with E-state index in [4.69, 9.17) is 33.5 Å². The van der Waals surface area contributed by atoms with Crippen LogP contribution in [0.2, 0.25) is 0 Å². The van der Waals surface area contributed by atoms with E-state index in [-0.39, 0.29) is 35.7 Å². The number of aliphatic hydroxyl groups excluding tert-OH is 4. The third-order valence-corrected chi connectivity index (χ3v) is 7.50. The molecule has 0 unspecified atom stereocenters. The number of aliphatic hydroxyl groups is 4. The van der Waals surface area contributed by atoms with E-state index in [1.54, 1.807) is 0 Å². The molecule has 0 spiro atoms. The second-order valence-electron chi connectivity index (χ2n) is 10.8. The molecule has 8 N–H and O–H groups in total. The Balaban J connectivity index is 0.000000259. The van der Waals surface area contributed by atoms with Crippen LogP contribution >= 0.6 is 0 Å². The number of phenolic OH excluding ortho intramolecular Hbond substituents is 4. The lowest BCUT2D eigenvalue weighted by atomic mass is 9.84. The number of ether oxygens (including phenoxy) is 6. The Labute approximate surface area is 263 Å². The third-order valence-electron chi connectivity index (χ3n) is 7.50. The van der Waals surface area contributed by atoms with E-state index in [2.05, 4.69) is 0 Å². The maximum absolute atomic E-state index is 11.4. The highest BCUT2D eigenvalue weighted by atomic mass is 16.7. The molecule has 0 aliphatic carbocycles. The maximum atomic E-state index is 11.4. The molecule has 10 atom stereocenters. The Morgan fingerprint density at radius 3 is 1.74 bits per heavy atom. The highest BCUT2D eigenvalue weighted by molar-refractivity contribution is 5.66. The van der Waals surface area contributed by atoms with Gasteiger partial charge in [0.05, 0.1) is 6.61 Å². The number of carbonyl (C=O) groups excluding carboxylic acids is 2. The van der Waals surface area contributed by atoms with E-state index in [9.17, 15) is 45.3 Å². The molecule has 2 fully saturated rings. The predicted molar refractivity (Wildman–Crippen MR) is 154 cm³/mol. The van der Waals surface area contributed by atoms with E-state index in [0.717, 1.165) is 0 Å². The first-order valence-corrected chi connectivity index (χ1v) is 14.3. The fourth-order valence-corrected chi connectivity index (χ4v) is 4.73. The topological polar surface area (TPSA) is 251 Å². The van der Waals surface area contributed by atoms with Crippen LogP contribution < -0.4 is 9.47 Å². The smallest absolute Gasteiger partial charge is 0.303 e. The Kier molecular flexibility index (Phi) is 12.6. The number of rotatable bonds is 8. The van der Waals surface area contributed by atoms with E-state index in [1.807, 2.05) is 13.8 Å². The predicted octanol–water partition coefficient (Wildman–Crippen LogP) is 0.245. The van der Waals surface area contributed by atoms with Gasteiger partial charge in [0.2, 0.25) is 24.1 Å². The lowest BCUT2D eigenvalue weighted by Crippen LogP contribution is -2.60. The number of para-hydroxylation sites is 2. The van der Waals surface area contributed by atoms with Crippen LogP contribution in [0.5, 0.6) is 34.5 Å². The molecule has 2 saturated heterocycles. The van der Waals surface area contributed by atoms with Crippen molar-refractivity contribution in [1.29, 1.82) is 0 Å². The molecule has 0 bridgehead atoms. The minimum Gasteiger partial charge on any atom is -0.504 e. The summed E-state index contributed by atoms with van der Waals surface area (Å²) in [6.07, 6.45) is -9.33. The normalized spacial score (nSPS) is 30.7. The van der Waals surface area contributed by atoms with Gasteiger partial charge in [-0.1, -0.05) is 26.0 Å². The van der Waals surface area contributed by atoms with Gasteiger partial charge >= 0.3 is 11.9 Å². The van der Waals surface area contributed by atoms with Crippen LogP contribution in [0.25, 0.3) is 0 Å². The number of hydrogen-bond donors (Lipinski definition) is 8. The zero-order chi connectivity index (χ0) is 34.3. The fourth-order valence-electron chi connectivity index (χ4n) is 4.73. The Bertz CT molecular complexity index is 1320. The molecule has 256 valence electrons. The first kappa shape index (κ1) is 36.4. The van der Waals surface area contributed by atoms with Crippen LogP contribution in [-0.2, 0) is 28.5 Å². The van der Waals surface area contributed by atoms with Gasteiger partial charge in [0.1, 0.15) is 43.2 Å². The lowest BCUT2D eigenvalue weighted by molar-refractivity contribution is -0.277. The van der Waals surface area contributed by atoms with E-state index < -0.39 is 85.0 Å². The second kappa shape index (κ2) is 16.0. The fraction of sp³-hybridized carbons (Fsp3) is 0.533. The third kappa shape index (κ3) is 8.80. The molecule has 16 heteroatoms. The van der Waals surface area contributed by atoms with Crippen molar-refractivity contribution in [3.63, 3.8) is 0 Å². The number of esters is 2. The van der Waals surface area contributed by atoms with Crippen molar-refractivity contribution >= 4 is 11.9 Å². The summed E-state index contributed by atoms with van der Waals surface area (Å²) in [6.45, 7) is 5.61. The summed E-state index contributed by atoms with van der Waals surface area (Å²) < 4.78 is 32.2. The van der Waals surface area contributed by atoms with Crippen molar-refractivity contribution in [2.45, 2.75) is 76.9 Å². The zero-order valence-corrected chi connectivity index (χ0v) is 25.5.